The van der Waals surface area contributed by atoms with Gasteiger partial charge in [-0.25, -0.2) is 4.39 Å². The maximum Gasteiger partial charge on any atom is 0.129 e. The van der Waals surface area contributed by atoms with Gasteiger partial charge in [0.05, 0.1) is 6.10 Å². The third-order valence-electron chi connectivity index (χ3n) is 3.13. The molecule has 0 aliphatic heterocycles. The van der Waals surface area contributed by atoms with Crippen LogP contribution in [0.3, 0.4) is 0 Å². The van der Waals surface area contributed by atoms with E-state index in [0.717, 1.165) is 12.8 Å². The van der Waals surface area contributed by atoms with Gasteiger partial charge >= 0.3 is 0 Å². The number of hydrogen-bond donors (Lipinski definition) is 2. The highest BCUT2D eigenvalue weighted by Crippen LogP contribution is 2.29. The maximum absolute atomic E-state index is 13.6. The first kappa shape index (κ1) is 14.6. The average molecular weight is 305 g/mol. The summed E-state index contributed by atoms with van der Waals surface area (Å²) in [5.74, 6) is -0.519. The van der Waals surface area contributed by atoms with Crippen molar-refractivity contribution in [1.82, 2.24) is 0 Å². The molecule has 0 spiro atoms. The Balaban J connectivity index is 2.94. The zero-order valence-corrected chi connectivity index (χ0v) is 11.6. The maximum atomic E-state index is 13.6. The molecular weight excluding hydrogens is 287 g/mol. The Morgan fingerprint density at radius 1 is 1.24 bits per heavy atom. The van der Waals surface area contributed by atoms with E-state index in [2.05, 4.69) is 15.9 Å². The fourth-order valence-electron chi connectivity index (χ4n) is 1.95. The van der Waals surface area contributed by atoms with Crippen molar-refractivity contribution in [2.45, 2.75) is 38.9 Å². The van der Waals surface area contributed by atoms with Crippen LogP contribution in [0.15, 0.2) is 22.7 Å². The number of aliphatic hydroxyl groups is 2. The molecule has 0 aliphatic rings. The minimum atomic E-state index is -1.18. The Kier molecular flexibility index (Phi) is 5.56. The van der Waals surface area contributed by atoms with E-state index in [0.29, 0.717) is 4.47 Å². The van der Waals surface area contributed by atoms with Crippen molar-refractivity contribution in [2.24, 2.45) is 5.92 Å². The molecule has 4 heteroatoms. The molecule has 0 heterocycles. The molecule has 0 aliphatic carbocycles. The summed E-state index contributed by atoms with van der Waals surface area (Å²) in [4.78, 5) is 0. The summed E-state index contributed by atoms with van der Waals surface area (Å²) < 4.78 is 14.2. The quantitative estimate of drug-likeness (QED) is 0.875. The van der Waals surface area contributed by atoms with Gasteiger partial charge in [-0.3, -0.25) is 0 Å². The van der Waals surface area contributed by atoms with Crippen LogP contribution in [0, 0.1) is 11.7 Å². The molecule has 17 heavy (non-hydrogen) atoms. The smallest absolute Gasteiger partial charge is 0.129 e. The van der Waals surface area contributed by atoms with Crippen molar-refractivity contribution in [3.8, 4) is 0 Å². The van der Waals surface area contributed by atoms with Crippen LogP contribution < -0.4 is 0 Å². The second kappa shape index (κ2) is 6.47. The summed E-state index contributed by atoms with van der Waals surface area (Å²) >= 11 is 3.23. The van der Waals surface area contributed by atoms with Crippen molar-refractivity contribution < 1.29 is 14.6 Å². The number of hydrogen-bond acceptors (Lipinski definition) is 2. The highest BCUT2D eigenvalue weighted by molar-refractivity contribution is 9.10. The molecule has 2 nitrogen and oxygen atoms in total. The van der Waals surface area contributed by atoms with Crippen molar-refractivity contribution in [2.75, 3.05) is 0 Å². The van der Waals surface area contributed by atoms with E-state index < -0.39 is 18.0 Å². The van der Waals surface area contributed by atoms with Crippen molar-refractivity contribution >= 4 is 15.9 Å². The first-order valence-corrected chi connectivity index (χ1v) is 6.61. The van der Waals surface area contributed by atoms with E-state index >= 15 is 0 Å². The molecule has 1 aromatic carbocycles. The molecule has 1 aromatic rings. The lowest BCUT2D eigenvalue weighted by atomic mass is 9.89. The van der Waals surface area contributed by atoms with E-state index in [4.69, 9.17) is 0 Å². The standard InChI is InChI=1S/C13H18BrFO2/c1-3-8(4-2)12(16)13(17)10-7-9(14)5-6-11(10)15/h5-8,12-13,16-17H,3-4H2,1-2H3. The highest BCUT2D eigenvalue weighted by atomic mass is 79.9. The molecule has 96 valence electrons. The lowest BCUT2D eigenvalue weighted by Crippen LogP contribution is -2.27. The number of rotatable bonds is 5. The van der Waals surface area contributed by atoms with Crippen molar-refractivity contribution in [1.29, 1.82) is 0 Å². The normalized spacial score (nSPS) is 15.0. The minimum Gasteiger partial charge on any atom is -0.390 e. The number of halogens is 2. The third kappa shape index (κ3) is 3.50. The van der Waals surface area contributed by atoms with Crippen LogP contribution in [0.25, 0.3) is 0 Å². The third-order valence-corrected chi connectivity index (χ3v) is 3.63. The fourth-order valence-corrected chi connectivity index (χ4v) is 2.33. The molecule has 0 aromatic heterocycles. The van der Waals surface area contributed by atoms with Crippen LogP contribution in [0.2, 0.25) is 0 Å². The predicted octanol–water partition coefficient (Wildman–Crippen LogP) is 3.42. The lowest BCUT2D eigenvalue weighted by molar-refractivity contribution is -0.0226. The average Bonchev–Trinajstić information content (AvgIpc) is 2.32. The molecule has 0 fully saturated rings. The largest absolute Gasteiger partial charge is 0.390 e. The van der Waals surface area contributed by atoms with Gasteiger partial charge in [0.2, 0.25) is 0 Å². The molecule has 0 bridgehead atoms. The van der Waals surface area contributed by atoms with E-state index in [1.165, 1.54) is 12.1 Å². The van der Waals surface area contributed by atoms with Gasteiger partial charge in [0.1, 0.15) is 11.9 Å². The van der Waals surface area contributed by atoms with Gasteiger partial charge in [0.15, 0.2) is 0 Å². The SMILES string of the molecule is CCC(CC)C(O)C(O)c1cc(Br)ccc1F. The molecule has 1 rings (SSSR count). The van der Waals surface area contributed by atoms with Crippen LogP contribution in [0.4, 0.5) is 4.39 Å². The molecule has 0 amide bonds. The van der Waals surface area contributed by atoms with E-state index in [9.17, 15) is 14.6 Å². The summed E-state index contributed by atoms with van der Waals surface area (Å²) in [6, 6.07) is 4.35. The highest BCUT2D eigenvalue weighted by Gasteiger charge is 2.27. The van der Waals surface area contributed by atoms with E-state index in [1.807, 2.05) is 13.8 Å². The van der Waals surface area contributed by atoms with Crippen LogP contribution in [0.1, 0.15) is 38.4 Å². The van der Waals surface area contributed by atoms with Gasteiger partial charge in [-0.1, -0.05) is 42.6 Å². The summed E-state index contributed by atoms with van der Waals surface area (Å²) in [7, 11) is 0. The summed E-state index contributed by atoms with van der Waals surface area (Å²) in [5.41, 5.74) is 0.138. The summed E-state index contributed by atoms with van der Waals surface area (Å²) in [5, 5.41) is 20.0. The predicted molar refractivity (Wildman–Crippen MR) is 69.1 cm³/mol. The van der Waals surface area contributed by atoms with E-state index in [-0.39, 0.29) is 11.5 Å². The van der Waals surface area contributed by atoms with Crippen LogP contribution in [-0.4, -0.2) is 16.3 Å². The van der Waals surface area contributed by atoms with Crippen molar-refractivity contribution in [3.63, 3.8) is 0 Å². The lowest BCUT2D eigenvalue weighted by Gasteiger charge is -2.25. The number of benzene rings is 1. The number of aliphatic hydroxyl groups excluding tert-OH is 2. The van der Waals surface area contributed by atoms with Crippen molar-refractivity contribution in [3.05, 3.63) is 34.1 Å². The van der Waals surface area contributed by atoms with Crippen LogP contribution in [0.5, 0.6) is 0 Å². The van der Waals surface area contributed by atoms with Gasteiger partial charge in [0, 0.05) is 10.0 Å². The Labute approximate surface area is 110 Å². The van der Waals surface area contributed by atoms with Crippen LogP contribution in [-0.2, 0) is 0 Å². The Bertz CT molecular complexity index is 366. The molecule has 2 unspecified atom stereocenters. The first-order valence-electron chi connectivity index (χ1n) is 5.82. The Hall–Kier alpha value is -0.450. The van der Waals surface area contributed by atoms with Gasteiger partial charge in [0.25, 0.3) is 0 Å². The fraction of sp³-hybridized carbons (Fsp3) is 0.538. The van der Waals surface area contributed by atoms with Gasteiger partial charge in [-0.2, -0.15) is 0 Å². The molecule has 0 radical (unpaired) electrons. The van der Waals surface area contributed by atoms with Gasteiger partial charge < -0.3 is 10.2 Å². The molecule has 2 N–H and O–H groups in total. The zero-order chi connectivity index (χ0) is 13.0. The molecule has 0 saturated carbocycles. The molecule has 2 atom stereocenters. The second-order valence-electron chi connectivity index (χ2n) is 4.18. The molecule has 0 saturated heterocycles. The monoisotopic (exact) mass is 304 g/mol. The van der Waals surface area contributed by atoms with Gasteiger partial charge in [-0.15, -0.1) is 0 Å². The Morgan fingerprint density at radius 3 is 2.35 bits per heavy atom. The summed E-state index contributed by atoms with van der Waals surface area (Å²) in [6.45, 7) is 3.89. The second-order valence-corrected chi connectivity index (χ2v) is 5.09. The minimum absolute atomic E-state index is 0.0246. The first-order chi connectivity index (χ1) is 8.01. The topological polar surface area (TPSA) is 40.5 Å². The summed E-state index contributed by atoms with van der Waals surface area (Å²) in [6.07, 6.45) is -0.611. The van der Waals surface area contributed by atoms with Gasteiger partial charge in [-0.05, 0) is 24.1 Å². The zero-order valence-electron chi connectivity index (χ0n) is 10.0. The molecular formula is C13H18BrFO2. The van der Waals surface area contributed by atoms with E-state index in [1.54, 1.807) is 6.07 Å². The Morgan fingerprint density at radius 2 is 1.82 bits per heavy atom. The van der Waals surface area contributed by atoms with Crippen LogP contribution >= 0.6 is 15.9 Å².